The minimum atomic E-state index is -1.00. The molecule has 0 bridgehead atoms. The van der Waals surface area contributed by atoms with Gasteiger partial charge in [-0.3, -0.25) is 4.79 Å². The minimum absolute atomic E-state index is 0.138. The predicted molar refractivity (Wildman–Crippen MR) is 76.8 cm³/mol. The third-order valence-electron chi connectivity index (χ3n) is 2.70. The van der Waals surface area contributed by atoms with Gasteiger partial charge in [0.1, 0.15) is 6.04 Å². The molecular weight excluding hydrogens is 242 g/mol. The number of carboxylic acids is 1. The van der Waals surface area contributed by atoms with E-state index in [0.29, 0.717) is 0 Å². The normalized spacial score (nSPS) is 13.1. The van der Waals surface area contributed by atoms with E-state index < -0.39 is 12.0 Å². The van der Waals surface area contributed by atoms with Crippen LogP contribution in [0, 0.1) is 5.92 Å². The summed E-state index contributed by atoms with van der Waals surface area (Å²) in [6.07, 6.45) is 5.29. The number of carboxylic acid groups (broad SMARTS) is 1. The first-order valence-electron chi connectivity index (χ1n) is 6.58. The van der Waals surface area contributed by atoms with Gasteiger partial charge < -0.3 is 10.4 Å². The van der Waals surface area contributed by atoms with E-state index in [1.54, 1.807) is 13.8 Å². The topological polar surface area (TPSA) is 66.4 Å². The van der Waals surface area contributed by atoms with Crippen LogP contribution in [0.5, 0.6) is 0 Å². The van der Waals surface area contributed by atoms with Crippen LogP contribution < -0.4 is 5.32 Å². The number of nitrogens with one attached hydrogen (secondary N) is 1. The predicted octanol–water partition coefficient (Wildman–Crippen LogP) is 2.90. The third kappa shape index (κ3) is 8.19. The van der Waals surface area contributed by atoms with Gasteiger partial charge in [-0.2, -0.15) is 0 Å². The van der Waals surface area contributed by atoms with Crippen molar-refractivity contribution in [3.8, 4) is 0 Å². The molecule has 4 nitrogen and oxygen atoms in total. The van der Waals surface area contributed by atoms with Gasteiger partial charge in [-0.15, -0.1) is 0 Å². The summed E-state index contributed by atoms with van der Waals surface area (Å²) < 4.78 is 0. The number of amides is 1. The SMILES string of the molecule is CC(C)=CCCC(C)=CC(=O)N[C@H](C(=O)O)C(C)C. The van der Waals surface area contributed by atoms with E-state index in [1.165, 1.54) is 11.6 Å². The molecule has 0 radical (unpaired) electrons. The van der Waals surface area contributed by atoms with Crippen molar-refractivity contribution in [3.63, 3.8) is 0 Å². The number of aliphatic carboxylic acids is 1. The molecule has 0 aromatic rings. The van der Waals surface area contributed by atoms with E-state index in [-0.39, 0.29) is 11.8 Å². The van der Waals surface area contributed by atoms with Crippen molar-refractivity contribution < 1.29 is 14.7 Å². The smallest absolute Gasteiger partial charge is 0.326 e. The molecule has 0 aromatic carbocycles. The van der Waals surface area contributed by atoms with E-state index in [9.17, 15) is 9.59 Å². The molecule has 0 rings (SSSR count). The van der Waals surface area contributed by atoms with E-state index in [4.69, 9.17) is 5.11 Å². The zero-order chi connectivity index (χ0) is 15.0. The zero-order valence-corrected chi connectivity index (χ0v) is 12.5. The Labute approximate surface area is 115 Å². The van der Waals surface area contributed by atoms with Crippen molar-refractivity contribution in [1.29, 1.82) is 0 Å². The lowest BCUT2D eigenvalue weighted by Crippen LogP contribution is -2.43. The Bertz CT molecular complexity index is 377. The molecule has 0 aliphatic heterocycles. The van der Waals surface area contributed by atoms with Crippen molar-refractivity contribution >= 4 is 11.9 Å². The summed E-state index contributed by atoms with van der Waals surface area (Å²) in [6, 6.07) is -0.839. The molecular formula is C15H25NO3. The Morgan fingerprint density at radius 1 is 1.21 bits per heavy atom. The molecule has 0 saturated heterocycles. The summed E-state index contributed by atoms with van der Waals surface area (Å²) >= 11 is 0. The highest BCUT2D eigenvalue weighted by Gasteiger charge is 2.22. The highest BCUT2D eigenvalue weighted by Crippen LogP contribution is 2.07. The van der Waals surface area contributed by atoms with E-state index >= 15 is 0 Å². The maximum atomic E-state index is 11.7. The van der Waals surface area contributed by atoms with Gasteiger partial charge in [0.15, 0.2) is 0 Å². The van der Waals surface area contributed by atoms with Gasteiger partial charge in [0.05, 0.1) is 0 Å². The minimum Gasteiger partial charge on any atom is -0.480 e. The van der Waals surface area contributed by atoms with Gasteiger partial charge in [0, 0.05) is 6.08 Å². The summed E-state index contributed by atoms with van der Waals surface area (Å²) in [5.41, 5.74) is 2.20. The van der Waals surface area contributed by atoms with Crippen LogP contribution in [0.3, 0.4) is 0 Å². The number of carbonyl (C=O) groups excluding carboxylic acids is 1. The highest BCUT2D eigenvalue weighted by molar-refractivity contribution is 5.91. The Hall–Kier alpha value is -1.58. The maximum Gasteiger partial charge on any atom is 0.326 e. The second-order valence-electron chi connectivity index (χ2n) is 5.38. The first kappa shape index (κ1) is 17.4. The quantitative estimate of drug-likeness (QED) is 0.550. The monoisotopic (exact) mass is 267 g/mol. The second kappa shape index (κ2) is 8.51. The van der Waals surface area contributed by atoms with Gasteiger partial charge >= 0.3 is 5.97 Å². The van der Waals surface area contributed by atoms with Crippen LogP contribution in [-0.2, 0) is 9.59 Å². The molecule has 0 heterocycles. The highest BCUT2D eigenvalue weighted by atomic mass is 16.4. The van der Waals surface area contributed by atoms with Gasteiger partial charge in [0.25, 0.3) is 0 Å². The van der Waals surface area contributed by atoms with Crippen LogP contribution in [0.2, 0.25) is 0 Å². The van der Waals surface area contributed by atoms with Gasteiger partial charge in [-0.25, -0.2) is 4.79 Å². The van der Waals surface area contributed by atoms with Crippen LogP contribution in [0.4, 0.5) is 0 Å². The summed E-state index contributed by atoms with van der Waals surface area (Å²) in [4.78, 5) is 22.7. The summed E-state index contributed by atoms with van der Waals surface area (Å²) in [5, 5.41) is 11.5. The lowest BCUT2D eigenvalue weighted by Gasteiger charge is -2.16. The third-order valence-corrected chi connectivity index (χ3v) is 2.70. The van der Waals surface area contributed by atoms with Crippen molar-refractivity contribution in [3.05, 3.63) is 23.3 Å². The van der Waals surface area contributed by atoms with Gasteiger partial charge in [0.2, 0.25) is 5.91 Å². The first-order chi connectivity index (χ1) is 8.73. The summed E-state index contributed by atoms with van der Waals surface area (Å²) in [5.74, 6) is -1.48. The fourth-order valence-electron chi connectivity index (χ4n) is 1.59. The molecule has 19 heavy (non-hydrogen) atoms. The molecule has 4 heteroatoms. The Kier molecular flexibility index (Phi) is 7.80. The molecule has 1 amide bonds. The largest absolute Gasteiger partial charge is 0.480 e. The van der Waals surface area contributed by atoms with Crippen molar-refractivity contribution in [2.24, 2.45) is 5.92 Å². The van der Waals surface area contributed by atoms with Crippen LogP contribution in [0.25, 0.3) is 0 Å². The number of hydrogen-bond acceptors (Lipinski definition) is 2. The van der Waals surface area contributed by atoms with Crippen LogP contribution in [-0.4, -0.2) is 23.0 Å². The maximum absolute atomic E-state index is 11.7. The molecule has 0 aliphatic rings. The Balaban J connectivity index is 4.42. The zero-order valence-electron chi connectivity index (χ0n) is 12.5. The standard InChI is InChI=1S/C15H25NO3/c1-10(2)7-6-8-12(5)9-13(17)16-14(11(3)4)15(18)19/h7,9,11,14H,6,8H2,1-5H3,(H,16,17)(H,18,19)/t14-/m0/s1. The Morgan fingerprint density at radius 3 is 2.21 bits per heavy atom. The number of hydrogen-bond donors (Lipinski definition) is 2. The number of allylic oxidation sites excluding steroid dienone is 3. The van der Waals surface area contributed by atoms with Gasteiger partial charge in [-0.05, 0) is 39.5 Å². The molecule has 0 saturated carbocycles. The van der Waals surface area contributed by atoms with Crippen LogP contribution in [0.1, 0.15) is 47.5 Å². The first-order valence-corrected chi connectivity index (χ1v) is 6.58. The second-order valence-corrected chi connectivity index (χ2v) is 5.38. The van der Waals surface area contributed by atoms with Crippen molar-refractivity contribution in [2.45, 2.75) is 53.5 Å². The molecule has 0 aromatic heterocycles. The lowest BCUT2D eigenvalue weighted by molar-refractivity contribution is -0.142. The van der Waals surface area contributed by atoms with Crippen LogP contribution >= 0.6 is 0 Å². The van der Waals surface area contributed by atoms with E-state index in [2.05, 4.69) is 11.4 Å². The lowest BCUT2D eigenvalue weighted by atomic mass is 10.0. The van der Waals surface area contributed by atoms with E-state index in [1.807, 2.05) is 20.8 Å². The summed E-state index contributed by atoms with van der Waals surface area (Å²) in [7, 11) is 0. The molecule has 1 atom stereocenters. The molecule has 2 N–H and O–H groups in total. The van der Waals surface area contributed by atoms with E-state index in [0.717, 1.165) is 18.4 Å². The fourth-order valence-corrected chi connectivity index (χ4v) is 1.59. The average Bonchev–Trinajstić information content (AvgIpc) is 2.24. The van der Waals surface area contributed by atoms with Crippen LogP contribution in [0.15, 0.2) is 23.3 Å². The average molecular weight is 267 g/mol. The number of rotatable bonds is 7. The molecule has 0 fully saturated rings. The Morgan fingerprint density at radius 2 is 1.79 bits per heavy atom. The molecule has 0 spiro atoms. The molecule has 0 unspecified atom stereocenters. The molecule has 0 aliphatic carbocycles. The van der Waals surface area contributed by atoms with Crippen molar-refractivity contribution in [2.75, 3.05) is 0 Å². The van der Waals surface area contributed by atoms with Gasteiger partial charge in [-0.1, -0.05) is 31.1 Å². The fraction of sp³-hybridized carbons (Fsp3) is 0.600. The summed E-state index contributed by atoms with van der Waals surface area (Å²) in [6.45, 7) is 9.48. The van der Waals surface area contributed by atoms with Crippen molar-refractivity contribution in [1.82, 2.24) is 5.32 Å². The molecule has 108 valence electrons. The number of carbonyl (C=O) groups is 2.